The van der Waals surface area contributed by atoms with Crippen LogP contribution in [0, 0.1) is 0 Å². The molecule has 0 aliphatic heterocycles. The molecule has 0 fully saturated rings. The first-order valence-electron chi connectivity index (χ1n) is 4.58. The van der Waals surface area contributed by atoms with Gasteiger partial charge >= 0.3 is 0 Å². The summed E-state index contributed by atoms with van der Waals surface area (Å²) in [5.74, 6) is 0. The molecular formula is C11H12BrClO2. The molecule has 1 aromatic rings. The first kappa shape index (κ1) is 12.7. The smallest absolute Gasteiger partial charge is 0.120 e. The standard InChI is InChI=1S/C11H12BrClO2/c1-15-7-9-10(12)5-8(3-2-4-14)6-11(9)13/h4-6H,2-3,7H2,1H3. The summed E-state index contributed by atoms with van der Waals surface area (Å²) in [5, 5.41) is 0.673. The van der Waals surface area contributed by atoms with Crippen molar-refractivity contribution in [3.05, 3.63) is 32.8 Å². The Morgan fingerprint density at radius 1 is 1.53 bits per heavy atom. The van der Waals surface area contributed by atoms with Crippen molar-refractivity contribution in [2.24, 2.45) is 0 Å². The zero-order chi connectivity index (χ0) is 11.3. The molecule has 1 rings (SSSR count). The van der Waals surface area contributed by atoms with E-state index >= 15 is 0 Å². The third-order valence-electron chi connectivity index (χ3n) is 2.04. The average Bonchev–Trinajstić information content (AvgIpc) is 2.20. The lowest BCUT2D eigenvalue weighted by molar-refractivity contribution is -0.107. The number of carbonyl (C=O) groups excluding carboxylic acids is 1. The maximum Gasteiger partial charge on any atom is 0.120 e. The molecule has 0 aromatic heterocycles. The van der Waals surface area contributed by atoms with E-state index in [1.165, 1.54) is 0 Å². The second kappa shape index (κ2) is 6.26. The number of halogens is 2. The molecule has 0 saturated carbocycles. The first-order valence-corrected chi connectivity index (χ1v) is 5.75. The van der Waals surface area contributed by atoms with E-state index in [0.29, 0.717) is 18.1 Å². The van der Waals surface area contributed by atoms with Gasteiger partial charge in [0, 0.05) is 28.6 Å². The van der Waals surface area contributed by atoms with Crippen LogP contribution in [0.3, 0.4) is 0 Å². The minimum Gasteiger partial charge on any atom is -0.380 e. The summed E-state index contributed by atoms with van der Waals surface area (Å²) < 4.78 is 5.97. The van der Waals surface area contributed by atoms with Crippen molar-refractivity contribution in [1.29, 1.82) is 0 Å². The molecule has 82 valence electrons. The van der Waals surface area contributed by atoms with Gasteiger partial charge in [-0.05, 0) is 24.1 Å². The Balaban J connectivity index is 2.91. The van der Waals surface area contributed by atoms with Crippen LogP contribution in [0.2, 0.25) is 5.02 Å². The van der Waals surface area contributed by atoms with Gasteiger partial charge in [-0.2, -0.15) is 0 Å². The molecule has 15 heavy (non-hydrogen) atoms. The zero-order valence-electron chi connectivity index (χ0n) is 8.43. The normalized spacial score (nSPS) is 10.3. The number of aryl methyl sites for hydroxylation is 1. The summed E-state index contributed by atoms with van der Waals surface area (Å²) in [6.07, 6.45) is 2.15. The summed E-state index contributed by atoms with van der Waals surface area (Å²) in [7, 11) is 1.63. The molecule has 0 spiro atoms. The highest BCUT2D eigenvalue weighted by molar-refractivity contribution is 9.10. The molecule has 0 aliphatic carbocycles. The number of carbonyl (C=O) groups is 1. The highest BCUT2D eigenvalue weighted by atomic mass is 79.9. The molecule has 0 amide bonds. The molecular weight excluding hydrogens is 279 g/mol. The third-order valence-corrected chi connectivity index (χ3v) is 3.09. The second-order valence-electron chi connectivity index (χ2n) is 3.18. The number of hydrogen-bond acceptors (Lipinski definition) is 2. The fourth-order valence-electron chi connectivity index (χ4n) is 1.31. The van der Waals surface area contributed by atoms with Gasteiger partial charge in [0.1, 0.15) is 6.29 Å². The van der Waals surface area contributed by atoms with Crippen molar-refractivity contribution < 1.29 is 9.53 Å². The molecule has 0 saturated heterocycles. The lowest BCUT2D eigenvalue weighted by atomic mass is 10.1. The number of hydrogen-bond donors (Lipinski definition) is 0. The van der Waals surface area contributed by atoms with Crippen LogP contribution in [0.4, 0.5) is 0 Å². The minimum absolute atomic E-state index is 0.480. The van der Waals surface area contributed by atoms with Gasteiger partial charge in [-0.1, -0.05) is 27.5 Å². The average molecular weight is 292 g/mol. The molecule has 4 heteroatoms. The lowest BCUT2D eigenvalue weighted by Gasteiger charge is -2.08. The number of methoxy groups -OCH3 is 1. The van der Waals surface area contributed by atoms with Crippen LogP contribution in [0.15, 0.2) is 16.6 Å². The van der Waals surface area contributed by atoms with E-state index in [9.17, 15) is 4.79 Å². The van der Waals surface area contributed by atoms with E-state index < -0.39 is 0 Å². The SMILES string of the molecule is COCc1c(Cl)cc(CCC=O)cc1Br. The number of rotatable bonds is 5. The van der Waals surface area contributed by atoms with Gasteiger partial charge in [-0.3, -0.25) is 0 Å². The lowest BCUT2D eigenvalue weighted by Crippen LogP contribution is -1.94. The van der Waals surface area contributed by atoms with E-state index in [1.807, 2.05) is 12.1 Å². The molecule has 2 nitrogen and oxygen atoms in total. The monoisotopic (exact) mass is 290 g/mol. The predicted molar refractivity (Wildman–Crippen MR) is 64.3 cm³/mol. The topological polar surface area (TPSA) is 26.3 Å². The van der Waals surface area contributed by atoms with E-state index in [4.69, 9.17) is 16.3 Å². The van der Waals surface area contributed by atoms with Gasteiger partial charge in [-0.15, -0.1) is 0 Å². The highest BCUT2D eigenvalue weighted by Gasteiger charge is 2.07. The van der Waals surface area contributed by atoms with Gasteiger partial charge in [0.2, 0.25) is 0 Å². The molecule has 0 bridgehead atoms. The quantitative estimate of drug-likeness (QED) is 0.777. The van der Waals surface area contributed by atoms with Crippen LogP contribution in [-0.2, 0) is 22.6 Å². The minimum atomic E-state index is 0.480. The van der Waals surface area contributed by atoms with Crippen molar-refractivity contribution in [2.75, 3.05) is 7.11 Å². The fourth-order valence-corrected chi connectivity index (χ4v) is 2.34. The zero-order valence-corrected chi connectivity index (χ0v) is 10.8. The second-order valence-corrected chi connectivity index (χ2v) is 4.44. The summed E-state index contributed by atoms with van der Waals surface area (Å²) in [5.41, 5.74) is 1.99. The van der Waals surface area contributed by atoms with E-state index in [-0.39, 0.29) is 0 Å². The maximum atomic E-state index is 10.3. The van der Waals surface area contributed by atoms with Crippen LogP contribution in [0.1, 0.15) is 17.5 Å². The summed E-state index contributed by atoms with van der Waals surface area (Å²) in [6.45, 7) is 0.480. The molecule has 0 unspecified atom stereocenters. The van der Waals surface area contributed by atoms with Gasteiger partial charge in [0.15, 0.2) is 0 Å². The van der Waals surface area contributed by atoms with Gasteiger partial charge in [0.25, 0.3) is 0 Å². The van der Waals surface area contributed by atoms with Crippen LogP contribution in [-0.4, -0.2) is 13.4 Å². The van der Waals surface area contributed by atoms with E-state index in [1.54, 1.807) is 7.11 Å². The number of benzene rings is 1. The Labute approximate surface area is 103 Å². The van der Waals surface area contributed by atoms with Crippen molar-refractivity contribution in [3.8, 4) is 0 Å². The van der Waals surface area contributed by atoms with Crippen molar-refractivity contribution in [2.45, 2.75) is 19.4 Å². The Kier molecular flexibility index (Phi) is 5.29. The molecule has 0 atom stereocenters. The summed E-state index contributed by atoms with van der Waals surface area (Å²) in [4.78, 5) is 10.3. The Morgan fingerprint density at radius 2 is 2.27 bits per heavy atom. The van der Waals surface area contributed by atoms with Crippen LogP contribution in [0.25, 0.3) is 0 Å². The first-order chi connectivity index (χ1) is 7.19. The Hall–Kier alpha value is -0.380. The largest absolute Gasteiger partial charge is 0.380 e. The summed E-state index contributed by atoms with van der Waals surface area (Å²) >= 11 is 9.53. The maximum absolute atomic E-state index is 10.3. The molecule has 0 heterocycles. The van der Waals surface area contributed by atoms with E-state index in [0.717, 1.165) is 28.3 Å². The molecule has 0 radical (unpaired) electrons. The summed E-state index contributed by atoms with van der Waals surface area (Å²) in [6, 6.07) is 3.86. The Morgan fingerprint density at radius 3 is 2.80 bits per heavy atom. The van der Waals surface area contributed by atoms with Gasteiger partial charge in [-0.25, -0.2) is 0 Å². The fraction of sp³-hybridized carbons (Fsp3) is 0.364. The Bertz CT molecular complexity index is 329. The molecule has 0 aliphatic rings. The van der Waals surface area contributed by atoms with Crippen molar-refractivity contribution >= 4 is 33.8 Å². The van der Waals surface area contributed by atoms with Crippen LogP contribution >= 0.6 is 27.5 Å². The van der Waals surface area contributed by atoms with Crippen LogP contribution in [0.5, 0.6) is 0 Å². The van der Waals surface area contributed by atoms with E-state index in [2.05, 4.69) is 15.9 Å². The van der Waals surface area contributed by atoms with Crippen molar-refractivity contribution in [3.63, 3.8) is 0 Å². The molecule has 0 N–H and O–H groups in total. The number of aldehydes is 1. The molecule has 1 aromatic carbocycles. The third kappa shape index (κ3) is 3.59. The number of ether oxygens (including phenoxy) is 1. The van der Waals surface area contributed by atoms with Gasteiger partial charge in [0.05, 0.1) is 6.61 Å². The van der Waals surface area contributed by atoms with Crippen LogP contribution < -0.4 is 0 Å². The van der Waals surface area contributed by atoms with Crippen molar-refractivity contribution in [1.82, 2.24) is 0 Å². The predicted octanol–water partition coefficient (Wildman–Crippen LogP) is 3.38. The highest BCUT2D eigenvalue weighted by Crippen LogP contribution is 2.28. The van der Waals surface area contributed by atoms with Gasteiger partial charge < -0.3 is 9.53 Å².